The van der Waals surface area contributed by atoms with Gasteiger partial charge in [-0.3, -0.25) is 0 Å². The fraction of sp³-hybridized carbons (Fsp3) is 0.286. The molecule has 0 aliphatic rings. The normalized spacial score (nSPS) is 9.95. The summed E-state index contributed by atoms with van der Waals surface area (Å²) in [7, 11) is 3.25. The third-order valence-electron chi connectivity index (χ3n) is 2.69. The highest BCUT2D eigenvalue weighted by atomic mass is 16.5. The van der Waals surface area contributed by atoms with Gasteiger partial charge < -0.3 is 20.1 Å². The maximum Gasteiger partial charge on any atom is 0.142 e. The molecule has 0 unspecified atom stereocenters. The number of anilines is 3. The summed E-state index contributed by atoms with van der Waals surface area (Å²) in [6.45, 7) is 2.82. The van der Waals surface area contributed by atoms with Gasteiger partial charge in [-0.15, -0.1) is 0 Å². The molecule has 106 valence electrons. The largest absolute Gasteiger partial charge is 0.497 e. The van der Waals surface area contributed by atoms with Crippen molar-refractivity contribution in [3.63, 3.8) is 0 Å². The summed E-state index contributed by atoms with van der Waals surface area (Å²) in [6.07, 6.45) is 1.51. The van der Waals surface area contributed by atoms with Crippen LogP contribution in [0.3, 0.4) is 0 Å². The number of nitrogens with zero attached hydrogens (tertiary/aromatic N) is 2. The lowest BCUT2D eigenvalue weighted by molar-refractivity contribution is 0.405. The number of benzene rings is 1. The zero-order valence-corrected chi connectivity index (χ0v) is 11.8. The lowest BCUT2D eigenvalue weighted by atomic mass is 10.2. The van der Waals surface area contributed by atoms with Crippen molar-refractivity contribution in [3.05, 3.63) is 30.6 Å². The quantitative estimate of drug-likeness (QED) is 0.844. The first-order chi connectivity index (χ1) is 9.76. The molecule has 20 heavy (non-hydrogen) atoms. The van der Waals surface area contributed by atoms with Crippen molar-refractivity contribution in [1.82, 2.24) is 9.97 Å². The van der Waals surface area contributed by atoms with E-state index in [9.17, 15) is 0 Å². The van der Waals surface area contributed by atoms with Gasteiger partial charge in [0.05, 0.1) is 19.9 Å². The van der Waals surface area contributed by atoms with Crippen molar-refractivity contribution in [2.75, 3.05) is 31.4 Å². The Morgan fingerprint density at radius 2 is 1.85 bits per heavy atom. The highest BCUT2D eigenvalue weighted by Crippen LogP contribution is 2.31. The Hall–Kier alpha value is -2.50. The van der Waals surface area contributed by atoms with E-state index in [1.807, 2.05) is 31.2 Å². The van der Waals surface area contributed by atoms with Crippen LogP contribution in [0, 0.1) is 0 Å². The Balaban J connectivity index is 2.26. The van der Waals surface area contributed by atoms with Crippen molar-refractivity contribution < 1.29 is 9.47 Å². The molecule has 0 bridgehead atoms. The van der Waals surface area contributed by atoms with E-state index in [1.54, 1.807) is 14.2 Å². The van der Waals surface area contributed by atoms with Crippen molar-refractivity contribution in [2.45, 2.75) is 6.92 Å². The maximum atomic E-state index is 5.32. The van der Waals surface area contributed by atoms with E-state index in [-0.39, 0.29) is 0 Å². The summed E-state index contributed by atoms with van der Waals surface area (Å²) >= 11 is 0. The first kappa shape index (κ1) is 13.9. The Morgan fingerprint density at radius 3 is 2.55 bits per heavy atom. The standard InChI is InChI=1S/C14H18N4O2/c1-4-15-13-8-14(17-9-16-13)18-11-7-10(19-2)5-6-12(11)20-3/h5-9H,4H2,1-3H3,(H2,15,16,17,18). The molecule has 1 aromatic carbocycles. The van der Waals surface area contributed by atoms with Crippen LogP contribution in [0.25, 0.3) is 0 Å². The first-order valence-corrected chi connectivity index (χ1v) is 6.31. The second-order valence-corrected chi connectivity index (χ2v) is 4.01. The van der Waals surface area contributed by atoms with Crippen LogP contribution in [-0.4, -0.2) is 30.7 Å². The summed E-state index contributed by atoms with van der Waals surface area (Å²) in [5.74, 6) is 2.91. The minimum absolute atomic E-state index is 0.683. The molecule has 0 radical (unpaired) electrons. The van der Waals surface area contributed by atoms with Gasteiger partial charge in [0.15, 0.2) is 0 Å². The first-order valence-electron chi connectivity index (χ1n) is 6.31. The Labute approximate surface area is 118 Å². The maximum absolute atomic E-state index is 5.32. The molecule has 2 rings (SSSR count). The highest BCUT2D eigenvalue weighted by molar-refractivity contribution is 5.67. The predicted octanol–water partition coefficient (Wildman–Crippen LogP) is 2.67. The topological polar surface area (TPSA) is 68.3 Å². The van der Waals surface area contributed by atoms with Gasteiger partial charge in [-0.25, -0.2) is 9.97 Å². The van der Waals surface area contributed by atoms with E-state index in [1.165, 1.54) is 6.33 Å². The Bertz CT molecular complexity index is 575. The Kier molecular flexibility index (Phi) is 4.60. The number of hydrogen-bond acceptors (Lipinski definition) is 6. The van der Waals surface area contributed by atoms with Crippen molar-refractivity contribution >= 4 is 17.3 Å². The molecule has 2 aromatic rings. The van der Waals surface area contributed by atoms with Gasteiger partial charge in [-0.2, -0.15) is 0 Å². The van der Waals surface area contributed by atoms with Crippen LogP contribution < -0.4 is 20.1 Å². The predicted molar refractivity (Wildman–Crippen MR) is 79.0 cm³/mol. The molecule has 1 aromatic heterocycles. The van der Waals surface area contributed by atoms with Crippen LogP contribution >= 0.6 is 0 Å². The van der Waals surface area contributed by atoms with E-state index in [2.05, 4.69) is 20.6 Å². The molecule has 0 saturated carbocycles. The van der Waals surface area contributed by atoms with Crippen LogP contribution in [0.5, 0.6) is 11.5 Å². The summed E-state index contributed by atoms with van der Waals surface area (Å²) < 4.78 is 10.5. The molecule has 0 atom stereocenters. The van der Waals surface area contributed by atoms with Gasteiger partial charge >= 0.3 is 0 Å². The minimum Gasteiger partial charge on any atom is -0.497 e. The molecule has 2 N–H and O–H groups in total. The molecule has 6 heteroatoms. The average molecular weight is 274 g/mol. The molecule has 0 fully saturated rings. The van der Waals surface area contributed by atoms with Gasteiger partial charge in [0.25, 0.3) is 0 Å². The molecule has 0 saturated heterocycles. The number of hydrogen-bond donors (Lipinski definition) is 2. The van der Waals surface area contributed by atoms with Crippen LogP contribution in [0.4, 0.5) is 17.3 Å². The minimum atomic E-state index is 0.683. The molecule has 0 aliphatic heterocycles. The summed E-state index contributed by atoms with van der Waals surface area (Å²) in [4.78, 5) is 8.32. The van der Waals surface area contributed by atoms with Crippen molar-refractivity contribution in [2.24, 2.45) is 0 Å². The van der Waals surface area contributed by atoms with E-state index in [0.29, 0.717) is 5.82 Å². The van der Waals surface area contributed by atoms with Crippen LogP contribution in [0.1, 0.15) is 6.92 Å². The number of rotatable bonds is 6. The lowest BCUT2D eigenvalue weighted by Gasteiger charge is -2.12. The molecular weight excluding hydrogens is 256 g/mol. The molecule has 0 aliphatic carbocycles. The third kappa shape index (κ3) is 3.28. The zero-order valence-electron chi connectivity index (χ0n) is 11.8. The summed E-state index contributed by atoms with van der Waals surface area (Å²) in [5.41, 5.74) is 0.785. The zero-order chi connectivity index (χ0) is 14.4. The monoisotopic (exact) mass is 274 g/mol. The number of ether oxygens (including phenoxy) is 2. The third-order valence-corrected chi connectivity index (χ3v) is 2.69. The van der Waals surface area contributed by atoms with Gasteiger partial charge in [-0.05, 0) is 19.1 Å². The van der Waals surface area contributed by atoms with Gasteiger partial charge in [0.2, 0.25) is 0 Å². The molecule has 0 spiro atoms. The van der Waals surface area contributed by atoms with Gasteiger partial charge in [-0.1, -0.05) is 0 Å². The van der Waals surface area contributed by atoms with E-state index in [4.69, 9.17) is 9.47 Å². The summed E-state index contributed by atoms with van der Waals surface area (Å²) in [5, 5.41) is 6.34. The lowest BCUT2D eigenvalue weighted by Crippen LogP contribution is -2.02. The molecule has 1 heterocycles. The van der Waals surface area contributed by atoms with E-state index in [0.717, 1.165) is 29.5 Å². The number of methoxy groups -OCH3 is 2. The van der Waals surface area contributed by atoms with Crippen LogP contribution in [0.15, 0.2) is 30.6 Å². The fourth-order valence-corrected chi connectivity index (χ4v) is 1.75. The average Bonchev–Trinajstić information content (AvgIpc) is 2.48. The number of nitrogens with one attached hydrogen (secondary N) is 2. The molecule has 0 amide bonds. The Morgan fingerprint density at radius 1 is 1.05 bits per heavy atom. The fourth-order valence-electron chi connectivity index (χ4n) is 1.75. The second kappa shape index (κ2) is 6.60. The van der Waals surface area contributed by atoms with Crippen LogP contribution in [0.2, 0.25) is 0 Å². The number of aromatic nitrogens is 2. The van der Waals surface area contributed by atoms with Gasteiger partial charge in [0.1, 0.15) is 29.5 Å². The van der Waals surface area contributed by atoms with Gasteiger partial charge in [0, 0.05) is 18.7 Å². The van der Waals surface area contributed by atoms with E-state index >= 15 is 0 Å². The van der Waals surface area contributed by atoms with Crippen molar-refractivity contribution in [3.8, 4) is 11.5 Å². The highest BCUT2D eigenvalue weighted by Gasteiger charge is 2.06. The van der Waals surface area contributed by atoms with Crippen LogP contribution in [-0.2, 0) is 0 Å². The van der Waals surface area contributed by atoms with E-state index < -0.39 is 0 Å². The SMILES string of the molecule is CCNc1cc(Nc2cc(OC)ccc2OC)ncn1. The smallest absolute Gasteiger partial charge is 0.142 e. The van der Waals surface area contributed by atoms with Crippen molar-refractivity contribution in [1.29, 1.82) is 0 Å². The molecular formula is C14H18N4O2. The second-order valence-electron chi connectivity index (χ2n) is 4.01. The summed E-state index contributed by atoms with van der Waals surface area (Å²) in [6, 6.07) is 7.37. The molecule has 6 nitrogen and oxygen atoms in total.